The molecule has 1 unspecified atom stereocenters. The summed E-state index contributed by atoms with van der Waals surface area (Å²) in [6, 6.07) is 8.43. The SMILES string of the molecule is CCCC(CN)Nc1nc2ccccc2n1C. The first-order valence-corrected chi connectivity index (χ1v) is 6.14. The average Bonchev–Trinajstić information content (AvgIpc) is 2.66. The van der Waals surface area contributed by atoms with Gasteiger partial charge in [-0.15, -0.1) is 0 Å². The predicted molar refractivity (Wildman–Crippen MR) is 72.1 cm³/mol. The lowest BCUT2D eigenvalue weighted by Crippen LogP contribution is -2.29. The van der Waals surface area contributed by atoms with Gasteiger partial charge in [-0.05, 0) is 18.6 Å². The maximum atomic E-state index is 5.75. The van der Waals surface area contributed by atoms with Crippen molar-refractivity contribution in [2.45, 2.75) is 25.8 Å². The molecule has 0 aliphatic heterocycles. The number of hydrogen-bond donors (Lipinski definition) is 2. The fraction of sp³-hybridized carbons (Fsp3) is 0.462. The zero-order chi connectivity index (χ0) is 12.3. The number of aryl methyl sites for hydroxylation is 1. The average molecular weight is 232 g/mol. The highest BCUT2D eigenvalue weighted by Crippen LogP contribution is 2.18. The van der Waals surface area contributed by atoms with Crippen LogP contribution in [-0.4, -0.2) is 22.1 Å². The van der Waals surface area contributed by atoms with Crippen LogP contribution in [0.4, 0.5) is 5.95 Å². The number of imidazole rings is 1. The summed E-state index contributed by atoms with van der Waals surface area (Å²) in [6.45, 7) is 2.80. The molecule has 0 aliphatic rings. The fourth-order valence-corrected chi connectivity index (χ4v) is 2.05. The molecule has 0 fully saturated rings. The molecule has 3 N–H and O–H groups in total. The number of aromatic nitrogens is 2. The van der Waals surface area contributed by atoms with E-state index in [0.29, 0.717) is 12.6 Å². The Morgan fingerprint density at radius 2 is 2.18 bits per heavy atom. The third-order valence-electron chi connectivity index (χ3n) is 3.04. The van der Waals surface area contributed by atoms with Gasteiger partial charge in [0.15, 0.2) is 0 Å². The minimum Gasteiger partial charge on any atom is -0.352 e. The Labute approximate surface area is 102 Å². The monoisotopic (exact) mass is 232 g/mol. The van der Waals surface area contributed by atoms with Crippen LogP contribution in [0.2, 0.25) is 0 Å². The smallest absolute Gasteiger partial charge is 0.203 e. The number of fused-ring (bicyclic) bond motifs is 1. The highest BCUT2D eigenvalue weighted by atomic mass is 15.2. The Bertz CT molecular complexity index is 489. The van der Waals surface area contributed by atoms with Crippen LogP contribution in [-0.2, 0) is 7.05 Å². The van der Waals surface area contributed by atoms with Gasteiger partial charge in [-0.3, -0.25) is 0 Å². The van der Waals surface area contributed by atoms with Crippen molar-refractivity contribution >= 4 is 17.0 Å². The van der Waals surface area contributed by atoms with Crippen molar-refractivity contribution in [2.24, 2.45) is 12.8 Å². The molecule has 1 atom stereocenters. The number of para-hydroxylation sites is 2. The Morgan fingerprint density at radius 1 is 1.41 bits per heavy atom. The van der Waals surface area contributed by atoms with E-state index in [9.17, 15) is 0 Å². The molecular weight excluding hydrogens is 212 g/mol. The van der Waals surface area contributed by atoms with Crippen LogP contribution in [0.5, 0.6) is 0 Å². The number of nitrogens with two attached hydrogens (primary N) is 1. The van der Waals surface area contributed by atoms with Gasteiger partial charge in [0.25, 0.3) is 0 Å². The summed E-state index contributed by atoms with van der Waals surface area (Å²) in [6.07, 6.45) is 2.19. The van der Waals surface area contributed by atoms with Crippen molar-refractivity contribution < 1.29 is 0 Å². The van der Waals surface area contributed by atoms with Crippen LogP contribution in [0.15, 0.2) is 24.3 Å². The molecule has 0 amide bonds. The summed E-state index contributed by atoms with van der Waals surface area (Å²) in [4.78, 5) is 4.58. The van der Waals surface area contributed by atoms with E-state index in [1.807, 2.05) is 25.2 Å². The molecule has 4 heteroatoms. The second-order valence-corrected chi connectivity index (χ2v) is 4.35. The zero-order valence-corrected chi connectivity index (χ0v) is 10.5. The number of benzene rings is 1. The molecule has 0 saturated carbocycles. The van der Waals surface area contributed by atoms with Gasteiger partial charge in [0.05, 0.1) is 11.0 Å². The third-order valence-corrected chi connectivity index (χ3v) is 3.04. The molecule has 0 bridgehead atoms. The Hall–Kier alpha value is -1.55. The topological polar surface area (TPSA) is 55.9 Å². The van der Waals surface area contributed by atoms with Crippen LogP contribution >= 0.6 is 0 Å². The number of rotatable bonds is 5. The molecule has 17 heavy (non-hydrogen) atoms. The minimum atomic E-state index is 0.301. The van der Waals surface area contributed by atoms with Crippen molar-refractivity contribution in [3.05, 3.63) is 24.3 Å². The molecule has 0 saturated heterocycles. The summed E-state index contributed by atoms with van der Waals surface area (Å²) in [5.41, 5.74) is 7.91. The second-order valence-electron chi connectivity index (χ2n) is 4.35. The van der Waals surface area contributed by atoms with Gasteiger partial charge in [0.1, 0.15) is 0 Å². The minimum absolute atomic E-state index is 0.301. The Kier molecular flexibility index (Phi) is 3.64. The van der Waals surface area contributed by atoms with Gasteiger partial charge in [0.2, 0.25) is 5.95 Å². The first-order valence-electron chi connectivity index (χ1n) is 6.14. The number of nitrogens with zero attached hydrogens (tertiary/aromatic N) is 2. The van der Waals surface area contributed by atoms with Crippen LogP contribution < -0.4 is 11.1 Å². The van der Waals surface area contributed by atoms with Crippen molar-refractivity contribution in [1.82, 2.24) is 9.55 Å². The Morgan fingerprint density at radius 3 is 2.82 bits per heavy atom. The van der Waals surface area contributed by atoms with Crippen LogP contribution in [0, 0.1) is 0 Å². The zero-order valence-electron chi connectivity index (χ0n) is 10.5. The van der Waals surface area contributed by atoms with E-state index >= 15 is 0 Å². The molecule has 1 aromatic heterocycles. The maximum absolute atomic E-state index is 5.75. The van der Waals surface area contributed by atoms with E-state index < -0.39 is 0 Å². The van der Waals surface area contributed by atoms with Gasteiger partial charge >= 0.3 is 0 Å². The molecule has 1 aromatic carbocycles. The summed E-state index contributed by atoms with van der Waals surface area (Å²) in [7, 11) is 2.02. The lowest BCUT2D eigenvalue weighted by atomic mass is 10.2. The molecule has 92 valence electrons. The van der Waals surface area contributed by atoms with Crippen molar-refractivity contribution in [1.29, 1.82) is 0 Å². The summed E-state index contributed by atoms with van der Waals surface area (Å²) in [5, 5.41) is 3.41. The van der Waals surface area contributed by atoms with Crippen LogP contribution in [0.3, 0.4) is 0 Å². The summed E-state index contributed by atoms with van der Waals surface area (Å²) < 4.78 is 2.08. The van der Waals surface area contributed by atoms with Gasteiger partial charge in [-0.25, -0.2) is 4.98 Å². The second kappa shape index (κ2) is 5.19. The van der Waals surface area contributed by atoms with Gasteiger partial charge < -0.3 is 15.6 Å². The molecule has 0 spiro atoms. The molecule has 4 nitrogen and oxygen atoms in total. The summed E-state index contributed by atoms with van der Waals surface area (Å²) in [5.74, 6) is 0.898. The molecule has 2 aromatic rings. The lowest BCUT2D eigenvalue weighted by Gasteiger charge is -2.16. The number of anilines is 1. The van der Waals surface area contributed by atoms with Crippen molar-refractivity contribution in [2.75, 3.05) is 11.9 Å². The van der Waals surface area contributed by atoms with Crippen LogP contribution in [0.25, 0.3) is 11.0 Å². The van der Waals surface area contributed by atoms with Crippen molar-refractivity contribution in [3.63, 3.8) is 0 Å². The molecule has 0 aliphatic carbocycles. The van der Waals surface area contributed by atoms with E-state index in [2.05, 4.69) is 27.9 Å². The standard InChI is InChI=1S/C13H20N4/c1-3-6-10(9-14)15-13-16-11-7-4-5-8-12(11)17(13)2/h4-5,7-8,10H,3,6,9,14H2,1-2H3,(H,15,16). The van der Waals surface area contributed by atoms with E-state index in [4.69, 9.17) is 5.73 Å². The van der Waals surface area contributed by atoms with E-state index in [0.717, 1.165) is 29.8 Å². The van der Waals surface area contributed by atoms with E-state index in [1.54, 1.807) is 0 Å². The van der Waals surface area contributed by atoms with Gasteiger partial charge in [-0.1, -0.05) is 25.5 Å². The first kappa shape index (κ1) is 11.9. The molecule has 1 heterocycles. The first-order chi connectivity index (χ1) is 8.26. The highest BCUT2D eigenvalue weighted by Gasteiger charge is 2.11. The maximum Gasteiger partial charge on any atom is 0.203 e. The molecule has 2 rings (SSSR count). The highest BCUT2D eigenvalue weighted by molar-refractivity contribution is 5.78. The van der Waals surface area contributed by atoms with Crippen molar-refractivity contribution in [3.8, 4) is 0 Å². The lowest BCUT2D eigenvalue weighted by molar-refractivity contribution is 0.639. The van der Waals surface area contributed by atoms with E-state index in [1.165, 1.54) is 0 Å². The normalized spacial score (nSPS) is 12.9. The fourth-order valence-electron chi connectivity index (χ4n) is 2.05. The number of nitrogens with one attached hydrogen (secondary N) is 1. The van der Waals surface area contributed by atoms with Gasteiger partial charge in [0, 0.05) is 19.6 Å². The predicted octanol–water partition coefficient (Wildman–Crippen LogP) is 2.11. The third kappa shape index (κ3) is 2.42. The van der Waals surface area contributed by atoms with Gasteiger partial charge in [-0.2, -0.15) is 0 Å². The number of hydrogen-bond acceptors (Lipinski definition) is 3. The molecular formula is C13H20N4. The Balaban J connectivity index is 2.26. The van der Waals surface area contributed by atoms with E-state index in [-0.39, 0.29) is 0 Å². The quantitative estimate of drug-likeness (QED) is 0.830. The summed E-state index contributed by atoms with van der Waals surface area (Å²) >= 11 is 0. The largest absolute Gasteiger partial charge is 0.352 e. The van der Waals surface area contributed by atoms with Crippen LogP contribution in [0.1, 0.15) is 19.8 Å². The molecule has 0 radical (unpaired) electrons.